The Labute approximate surface area is 190 Å². The lowest BCUT2D eigenvalue weighted by molar-refractivity contribution is -0.140. The first-order valence-corrected chi connectivity index (χ1v) is 10.9. The minimum absolute atomic E-state index is 0.0129. The summed E-state index contributed by atoms with van der Waals surface area (Å²) in [6.45, 7) is 1.60. The fraction of sp³-hybridized carbons (Fsp3) is 0.429. The predicted molar refractivity (Wildman–Crippen MR) is 122 cm³/mol. The summed E-state index contributed by atoms with van der Waals surface area (Å²) in [5.74, 6) is -1.20. The van der Waals surface area contributed by atoms with Crippen LogP contribution in [0.2, 0.25) is 5.02 Å². The summed E-state index contributed by atoms with van der Waals surface area (Å²) in [6.07, 6.45) is 2.68. The van der Waals surface area contributed by atoms with Crippen LogP contribution in [0.25, 0.3) is 6.08 Å². The molecule has 2 fully saturated rings. The molecule has 0 aromatic heterocycles. The van der Waals surface area contributed by atoms with E-state index in [9.17, 15) is 19.2 Å². The van der Waals surface area contributed by atoms with E-state index in [1.54, 1.807) is 20.2 Å². The molecule has 168 valence electrons. The number of carboxylic acid groups (broad SMARTS) is 1. The molecule has 2 aliphatic heterocycles. The molecule has 2 saturated heterocycles. The third kappa shape index (κ3) is 7.37. The highest BCUT2D eigenvalue weighted by atomic mass is 35.5. The van der Waals surface area contributed by atoms with Crippen LogP contribution >= 0.6 is 23.4 Å². The molecule has 3 rings (SSSR count). The van der Waals surface area contributed by atoms with Crippen LogP contribution in [0.5, 0.6) is 0 Å². The Kier molecular flexibility index (Phi) is 9.09. The number of ketones is 1. The van der Waals surface area contributed by atoms with E-state index < -0.39 is 5.97 Å². The maximum Gasteiger partial charge on any atom is 0.303 e. The Bertz CT molecular complexity index is 903. The summed E-state index contributed by atoms with van der Waals surface area (Å²) < 4.78 is 0. The number of carbonyl (C=O) groups is 4. The number of allylic oxidation sites excluding steroid dienone is 1. The molecule has 0 radical (unpaired) electrons. The Morgan fingerprint density at radius 1 is 1.32 bits per heavy atom. The first-order valence-electron chi connectivity index (χ1n) is 9.75. The number of carboxylic acids is 1. The van der Waals surface area contributed by atoms with Gasteiger partial charge in [-0.25, -0.2) is 0 Å². The molecule has 0 bridgehead atoms. The molecule has 2 heterocycles. The number of benzene rings is 1. The number of amides is 1. The molecule has 1 atom stereocenters. The molecular weight excluding hydrogens is 442 g/mol. The van der Waals surface area contributed by atoms with Gasteiger partial charge in [0.2, 0.25) is 11.0 Å². The molecule has 10 heteroatoms. The van der Waals surface area contributed by atoms with E-state index in [2.05, 4.69) is 4.90 Å². The first-order chi connectivity index (χ1) is 14.6. The number of nitrogens with two attached hydrogens (primary N) is 1. The highest BCUT2D eigenvalue weighted by molar-refractivity contribution is 8.18. The highest BCUT2D eigenvalue weighted by Gasteiger charge is 2.27. The third-order valence-corrected chi connectivity index (χ3v) is 5.94. The smallest absolute Gasteiger partial charge is 0.303 e. The maximum atomic E-state index is 11.8. The van der Waals surface area contributed by atoms with Crippen LogP contribution in [0.3, 0.4) is 0 Å². The van der Waals surface area contributed by atoms with Gasteiger partial charge in [0.1, 0.15) is 0 Å². The Morgan fingerprint density at radius 2 is 2.03 bits per heavy atom. The first kappa shape index (κ1) is 24.9. The molecule has 0 spiro atoms. The van der Waals surface area contributed by atoms with Gasteiger partial charge >= 0.3 is 5.97 Å². The van der Waals surface area contributed by atoms with Crippen molar-refractivity contribution in [2.24, 2.45) is 5.73 Å². The van der Waals surface area contributed by atoms with E-state index in [0.717, 1.165) is 42.5 Å². The topological polar surface area (TPSA) is 121 Å². The van der Waals surface area contributed by atoms with E-state index in [-0.39, 0.29) is 42.1 Å². The van der Waals surface area contributed by atoms with Crippen LogP contribution in [-0.2, 0) is 19.2 Å². The quantitative estimate of drug-likeness (QED) is 0.500. The zero-order chi connectivity index (χ0) is 23.1. The van der Waals surface area contributed by atoms with Crippen molar-refractivity contribution in [1.82, 2.24) is 4.90 Å². The minimum atomic E-state index is -0.935. The number of para-hydroxylation sites is 1. The number of hydrogen-bond acceptors (Lipinski definition) is 7. The molecule has 8 nitrogen and oxygen atoms in total. The fourth-order valence-corrected chi connectivity index (χ4v) is 4.22. The van der Waals surface area contributed by atoms with Gasteiger partial charge in [0, 0.05) is 45.2 Å². The largest absolute Gasteiger partial charge is 0.481 e. The molecule has 0 aliphatic carbocycles. The van der Waals surface area contributed by atoms with Gasteiger partial charge < -0.3 is 20.6 Å². The van der Waals surface area contributed by atoms with Crippen LogP contribution in [0, 0.1) is 0 Å². The summed E-state index contributed by atoms with van der Waals surface area (Å²) in [4.78, 5) is 47.8. The zero-order valence-electron chi connectivity index (χ0n) is 17.5. The lowest BCUT2D eigenvalue weighted by atomic mass is 10.1. The average Bonchev–Trinajstić information content (AvgIpc) is 3.24. The normalized spacial score (nSPS) is 19.4. The molecule has 1 aromatic carbocycles. The van der Waals surface area contributed by atoms with Gasteiger partial charge in [-0.15, -0.1) is 0 Å². The third-order valence-electron chi connectivity index (χ3n) is 4.70. The van der Waals surface area contributed by atoms with Crippen LogP contribution in [0.15, 0.2) is 23.1 Å². The summed E-state index contributed by atoms with van der Waals surface area (Å²) in [7, 11) is 3.20. The molecule has 3 N–H and O–H groups in total. The van der Waals surface area contributed by atoms with Crippen LogP contribution < -0.4 is 10.6 Å². The number of aliphatic carboxylic acids is 1. The number of rotatable bonds is 5. The lowest BCUT2D eigenvalue weighted by Crippen LogP contribution is -2.26. The SMILES string of the molecule is CN(C)C(=O)CCC(=O)O.N[C@H]1CCN(c2c(Cl)cccc2/C=C2\SC(=O)CC2=O)C1. The molecule has 31 heavy (non-hydrogen) atoms. The summed E-state index contributed by atoms with van der Waals surface area (Å²) >= 11 is 7.35. The van der Waals surface area contributed by atoms with E-state index in [4.69, 9.17) is 22.4 Å². The number of nitrogens with zero attached hydrogens (tertiary/aromatic N) is 2. The van der Waals surface area contributed by atoms with Gasteiger partial charge in [0.05, 0.1) is 28.5 Å². The van der Waals surface area contributed by atoms with E-state index in [1.165, 1.54) is 4.90 Å². The molecule has 0 saturated carbocycles. The molecule has 2 aliphatic rings. The van der Waals surface area contributed by atoms with E-state index in [1.807, 2.05) is 18.2 Å². The number of anilines is 1. The second kappa shape index (κ2) is 11.3. The van der Waals surface area contributed by atoms with Crippen molar-refractivity contribution in [2.45, 2.75) is 31.7 Å². The van der Waals surface area contributed by atoms with E-state index >= 15 is 0 Å². The maximum absolute atomic E-state index is 11.8. The van der Waals surface area contributed by atoms with Gasteiger partial charge in [-0.1, -0.05) is 23.7 Å². The van der Waals surface area contributed by atoms with Gasteiger partial charge in [0.15, 0.2) is 5.78 Å². The number of Topliss-reactive ketones (excluding diaryl/α,β-unsaturated/α-hetero) is 1. The lowest BCUT2D eigenvalue weighted by Gasteiger charge is -2.22. The van der Waals surface area contributed by atoms with Crippen LogP contribution in [-0.4, -0.2) is 66.0 Å². The molecule has 1 amide bonds. The molecular formula is C21H26ClN3O5S. The molecule has 1 aromatic rings. The number of thioether (sulfide) groups is 1. The van der Waals surface area contributed by atoms with Crippen molar-refractivity contribution >= 4 is 57.9 Å². The Morgan fingerprint density at radius 3 is 2.55 bits per heavy atom. The van der Waals surface area contributed by atoms with Crippen LogP contribution in [0.4, 0.5) is 5.69 Å². The van der Waals surface area contributed by atoms with Crippen molar-refractivity contribution < 1.29 is 24.3 Å². The van der Waals surface area contributed by atoms with Gasteiger partial charge in [-0.3, -0.25) is 19.2 Å². The Balaban J connectivity index is 0.000000291. The van der Waals surface area contributed by atoms with E-state index in [0.29, 0.717) is 9.93 Å². The van der Waals surface area contributed by atoms with Gasteiger partial charge in [-0.2, -0.15) is 0 Å². The summed E-state index contributed by atoms with van der Waals surface area (Å²) in [6, 6.07) is 5.73. The highest BCUT2D eigenvalue weighted by Crippen LogP contribution is 2.37. The number of hydrogen-bond donors (Lipinski definition) is 2. The van der Waals surface area contributed by atoms with Crippen molar-refractivity contribution in [3.63, 3.8) is 0 Å². The second-order valence-corrected chi connectivity index (χ2v) is 8.94. The standard InChI is InChI=1S/C15H15ClN2O2S.C6H11NO3/c16-11-3-1-2-9(6-13-12(19)7-14(20)21-13)15(11)18-5-4-10(17)8-18;1-7(2)5(8)3-4-6(9)10/h1-3,6,10H,4-5,7-8,17H2;3-4H2,1-2H3,(H,9,10)/b13-6-;/t10-;/m0./s1. The van der Waals surface area contributed by atoms with Crippen molar-refractivity contribution in [3.05, 3.63) is 33.7 Å². The van der Waals surface area contributed by atoms with Crippen molar-refractivity contribution in [2.75, 3.05) is 32.1 Å². The van der Waals surface area contributed by atoms with Crippen LogP contribution in [0.1, 0.15) is 31.2 Å². The number of halogens is 1. The second-order valence-electron chi connectivity index (χ2n) is 7.44. The summed E-state index contributed by atoms with van der Waals surface area (Å²) in [5, 5.41) is 8.71. The fourth-order valence-electron chi connectivity index (χ4n) is 3.10. The minimum Gasteiger partial charge on any atom is -0.481 e. The Hall–Kier alpha value is -2.36. The average molecular weight is 468 g/mol. The monoisotopic (exact) mass is 467 g/mol. The van der Waals surface area contributed by atoms with Gasteiger partial charge in [0.25, 0.3) is 0 Å². The van der Waals surface area contributed by atoms with Gasteiger partial charge in [-0.05, 0) is 30.3 Å². The van der Waals surface area contributed by atoms with Crippen molar-refractivity contribution in [1.29, 1.82) is 0 Å². The zero-order valence-corrected chi connectivity index (χ0v) is 19.0. The predicted octanol–water partition coefficient (Wildman–Crippen LogP) is 2.39. The number of carbonyl (C=O) groups excluding carboxylic acids is 3. The van der Waals surface area contributed by atoms with Crippen molar-refractivity contribution in [3.8, 4) is 0 Å². The summed E-state index contributed by atoms with van der Waals surface area (Å²) in [5.41, 5.74) is 7.72. The molecule has 0 unspecified atom stereocenters.